The fourth-order valence-corrected chi connectivity index (χ4v) is 1.34. The van der Waals surface area contributed by atoms with E-state index in [4.69, 9.17) is 10.5 Å². The van der Waals surface area contributed by atoms with Crippen LogP contribution in [0.5, 0.6) is 0 Å². The lowest BCUT2D eigenvalue weighted by atomic mass is 10.1. The van der Waals surface area contributed by atoms with Gasteiger partial charge in [0.15, 0.2) is 0 Å². The molecule has 14 heavy (non-hydrogen) atoms. The van der Waals surface area contributed by atoms with Gasteiger partial charge in [0, 0.05) is 0 Å². The molecule has 0 aliphatic rings. The number of carbonyl (C=O) groups excluding carboxylic acids is 1. The SMILES string of the molecule is CCOC(=O)c1cccc(C(N)Br)c1. The van der Waals surface area contributed by atoms with Crippen molar-refractivity contribution in [2.45, 2.75) is 11.9 Å². The second kappa shape index (κ2) is 5.12. The van der Waals surface area contributed by atoms with Crippen LogP contribution in [0.3, 0.4) is 0 Å². The van der Waals surface area contributed by atoms with Crippen LogP contribution in [0.15, 0.2) is 24.3 Å². The second-order valence-corrected chi connectivity index (χ2v) is 3.73. The maximum Gasteiger partial charge on any atom is 0.338 e. The van der Waals surface area contributed by atoms with Gasteiger partial charge in [-0.05, 0) is 24.6 Å². The van der Waals surface area contributed by atoms with Gasteiger partial charge in [0.1, 0.15) is 0 Å². The van der Waals surface area contributed by atoms with Crippen LogP contribution in [0.2, 0.25) is 0 Å². The van der Waals surface area contributed by atoms with E-state index in [0.717, 1.165) is 5.56 Å². The summed E-state index contributed by atoms with van der Waals surface area (Å²) >= 11 is 3.23. The van der Waals surface area contributed by atoms with Gasteiger partial charge in [-0.25, -0.2) is 4.79 Å². The fraction of sp³-hybridized carbons (Fsp3) is 0.300. The molecule has 3 nitrogen and oxygen atoms in total. The molecular weight excluding hydrogens is 246 g/mol. The average molecular weight is 258 g/mol. The Labute approximate surface area is 91.4 Å². The van der Waals surface area contributed by atoms with E-state index < -0.39 is 0 Å². The molecule has 0 aliphatic carbocycles. The molecule has 0 saturated heterocycles. The molecule has 0 bridgehead atoms. The van der Waals surface area contributed by atoms with Gasteiger partial charge in [0.2, 0.25) is 0 Å². The van der Waals surface area contributed by atoms with Crippen molar-refractivity contribution in [2.24, 2.45) is 5.73 Å². The Morgan fingerprint density at radius 2 is 2.36 bits per heavy atom. The lowest BCUT2D eigenvalue weighted by Gasteiger charge is -2.06. The summed E-state index contributed by atoms with van der Waals surface area (Å²) in [7, 11) is 0. The number of benzene rings is 1. The maximum absolute atomic E-state index is 11.3. The summed E-state index contributed by atoms with van der Waals surface area (Å²) in [6, 6.07) is 7.05. The van der Waals surface area contributed by atoms with Gasteiger partial charge >= 0.3 is 5.97 Å². The van der Waals surface area contributed by atoms with E-state index in [1.54, 1.807) is 25.1 Å². The van der Waals surface area contributed by atoms with Crippen LogP contribution in [-0.4, -0.2) is 12.6 Å². The largest absolute Gasteiger partial charge is 0.462 e. The number of esters is 1. The molecule has 0 aromatic heterocycles. The molecule has 0 heterocycles. The normalized spacial score (nSPS) is 12.2. The topological polar surface area (TPSA) is 52.3 Å². The van der Waals surface area contributed by atoms with E-state index in [0.29, 0.717) is 12.2 Å². The summed E-state index contributed by atoms with van der Waals surface area (Å²) in [5, 5.41) is 0. The molecule has 0 spiro atoms. The van der Waals surface area contributed by atoms with E-state index in [9.17, 15) is 4.79 Å². The minimum absolute atomic E-state index is 0.253. The number of rotatable bonds is 3. The van der Waals surface area contributed by atoms with Gasteiger partial charge in [-0.3, -0.25) is 0 Å². The Balaban J connectivity index is 2.88. The number of hydrogen-bond acceptors (Lipinski definition) is 3. The number of nitrogens with two attached hydrogens (primary N) is 1. The van der Waals surface area contributed by atoms with Crippen molar-refractivity contribution in [3.05, 3.63) is 35.4 Å². The first kappa shape index (κ1) is 11.2. The van der Waals surface area contributed by atoms with E-state index in [-0.39, 0.29) is 10.9 Å². The highest BCUT2D eigenvalue weighted by Crippen LogP contribution is 2.17. The van der Waals surface area contributed by atoms with Crippen LogP contribution in [0, 0.1) is 0 Å². The van der Waals surface area contributed by atoms with Crippen molar-refractivity contribution >= 4 is 21.9 Å². The third-order valence-corrected chi connectivity index (χ3v) is 2.24. The monoisotopic (exact) mass is 257 g/mol. The van der Waals surface area contributed by atoms with E-state index in [2.05, 4.69) is 15.9 Å². The third-order valence-electron chi connectivity index (χ3n) is 1.72. The predicted molar refractivity (Wildman–Crippen MR) is 58.3 cm³/mol. The molecule has 1 atom stereocenters. The smallest absolute Gasteiger partial charge is 0.338 e. The van der Waals surface area contributed by atoms with E-state index >= 15 is 0 Å². The minimum atomic E-state index is -0.317. The summed E-state index contributed by atoms with van der Waals surface area (Å²) in [5.41, 5.74) is 7.01. The highest BCUT2D eigenvalue weighted by Gasteiger charge is 2.08. The molecule has 1 aromatic carbocycles. The summed E-state index contributed by atoms with van der Waals surface area (Å²) < 4.78 is 4.87. The summed E-state index contributed by atoms with van der Waals surface area (Å²) in [4.78, 5) is 11.1. The number of carbonyl (C=O) groups is 1. The molecule has 0 aliphatic heterocycles. The molecule has 76 valence electrons. The zero-order valence-corrected chi connectivity index (χ0v) is 9.45. The number of ether oxygens (including phenoxy) is 1. The van der Waals surface area contributed by atoms with Crippen LogP contribution in [-0.2, 0) is 4.74 Å². The molecule has 1 aromatic rings. The number of hydrogen-bond donors (Lipinski definition) is 1. The third kappa shape index (κ3) is 2.82. The molecular formula is C10H12BrNO2. The molecule has 4 heteroatoms. The summed E-state index contributed by atoms with van der Waals surface area (Å²) in [6.45, 7) is 2.15. The lowest BCUT2D eigenvalue weighted by Crippen LogP contribution is -2.07. The van der Waals surface area contributed by atoms with Crippen LogP contribution < -0.4 is 5.73 Å². The van der Waals surface area contributed by atoms with Crippen molar-refractivity contribution in [1.29, 1.82) is 0 Å². The summed E-state index contributed by atoms with van der Waals surface area (Å²) in [5.74, 6) is -0.317. The first-order valence-electron chi connectivity index (χ1n) is 4.32. The van der Waals surface area contributed by atoms with Gasteiger partial charge in [-0.1, -0.05) is 28.1 Å². The molecule has 0 radical (unpaired) electrons. The predicted octanol–water partition coefficient (Wildman–Crippen LogP) is 2.22. The van der Waals surface area contributed by atoms with Crippen molar-refractivity contribution in [1.82, 2.24) is 0 Å². The van der Waals surface area contributed by atoms with Gasteiger partial charge in [0.25, 0.3) is 0 Å². The van der Waals surface area contributed by atoms with Gasteiger partial charge in [0.05, 0.1) is 17.1 Å². The Kier molecular flexibility index (Phi) is 4.10. The summed E-state index contributed by atoms with van der Waals surface area (Å²) in [6.07, 6.45) is 0. The molecule has 1 unspecified atom stereocenters. The fourth-order valence-electron chi connectivity index (χ4n) is 1.05. The first-order chi connectivity index (χ1) is 6.65. The highest BCUT2D eigenvalue weighted by molar-refractivity contribution is 9.09. The standard InChI is InChI=1S/C10H12BrNO2/c1-2-14-10(13)8-5-3-4-7(6-8)9(11)12/h3-6,9H,2,12H2,1H3. The molecule has 2 N–H and O–H groups in total. The van der Waals surface area contributed by atoms with Crippen molar-refractivity contribution in [3.8, 4) is 0 Å². The van der Waals surface area contributed by atoms with Gasteiger partial charge in [-0.2, -0.15) is 0 Å². The zero-order chi connectivity index (χ0) is 10.6. The number of alkyl halides is 1. The van der Waals surface area contributed by atoms with Crippen molar-refractivity contribution < 1.29 is 9.53 Å². The van der Waals surface area contributed by atoms with Crippen molar-refractivity contribution in [3.63, 3.8) is 0 Å². The van der Waals surface area contributed by atoms with Gasteiger partial charge < -0.3 is 10.5 Å². The van der Waals surface area contributed by atoms with Crippen molar-refractivity contribution in [2.75, 3.05) is 6.61 Å². The highest BCUT2D eigenvalue weighted by atomic mass is 79.9. The Hall–Kier alpha value is -0.870. The van der Waals surface area contributed by atoms with Gasteiger partial charge in [-0.15, -0.1) is 0 Å². The number of halogens is 1. The molecule has 1 rings (SSSR count). The minimum Gasteiger partial charge on any atom is -0.462 e. The maximum atomic E-state index is 11.3. The van der Waals surface area contributed by atoms with Crippen LogP contribution in [0.4, 0.5) is 0 Å². The Bertz CT molecular complexity index is 326. The molecule has 0 saturated carbocycles. The average Bonchev–Trinajstić information content (AvgIpc) is 2.18. The molecule has 0 fully saturated rings. The zero-order valence-electron chi connectivity index (χ0n) is 7.87. The van der Waals surface area contributed by atoms with E-state index in [1.807, 2.05) is 6.07 Å². The Morgan fingerprint density at radius 1 is 1.64 bits per heavy atom. The van der Waals surface area contributed by atoms with Crippen LogP contribution in [0.25, 0.3) is 0 Å². The quantitative estimate of drug-likeness (QED) is 0.513. The van der Waals surface area contributed by atoms with E-state index in [1.165, 1.54) is 0 Å². The lowest BCUT2D eigenvalue weighted by molar-refractivity contribution is 0.0526. The van der Waals surface area contributed by atoms with Crippen LogP contribution >= 0.6 is 15.9 Å². The van der Waals surface area contributed by atoms with Crippen LogP contribution in [0.1, 0.15) is 27.8 Å². The molecule has 0 amide bonds. The second-order valence-electron chi connectivity index (χ2n) is 2.75. The first-order valence-corrected chi connectivity index (χ1v) is 5.23. The Morgan fingerprint density at radius 3 is 2.93 bits per heavy atom.